The first-order valence-electron chi connectivity index (χ1n) is 7.84. The monoisotopic (exact) mass is 301 g/mol. The summed E-state index contributed by atoms with van der Waals surface area (Å²) in [6.45, 7) is 4.86. The van der Waals surface area contributed by atoms with Gasteiger partial charge in [-0.1, -0.05) is 0 Å². The lowest BCUT2D eigenvalue weighted by Crippen LogP contribution is -2.31. The van der Waals surface area contributed by atoms with Crippen LogP contribution in [0.25, 0.3) is 0 Å². The van der Waals surface area contributed by atoms with E-state index in [1.165, 1.54) is 0 Å². The molecule has 0 aliphatic carbocycles. The second-order valence-electron chi connectivity index (χ2n) is 6.08. The summed E-state index contributed by atoms with van der Waals surface area (Å²) >= 11 is 0. The SMILES string of the molecule is Cc1cnc([C@@H]2CCCN2C(=O)CCc2cnn(C)c2C)[nH]1. The molecule has 22 heavy (non-hydrogen) atoms. The molecule has 0 saturated carbocycles. The minimum atomic E-state index is 0.108. The Bertz CT molecular complexity index is 672. The van der Waals surface area contributed by atoms with Crippen molar-refractivity contribution in [3.05, 3.63) is 35.2 Å². The van der Waals surface area contributed by atoms with Crippen molar-refractivity contribution in [1.82, 2.24) is 24.6 Å². The Morgan fingerprint density at radius 3 is 2.86 bits per heavy atom. The number of aromatic nitrogens is 4. The first kappa shape index (κ1) is 14.8. The Morgan fingerprint density at radius 1 is 1.41 bits per heavy atom. The van der Waals surface area contributed by atoms with Gasteiger partial charge in [0.15, 0.2) is 0 Å². The number of aryl methyl sites for hydroxylation is 3. The fourth-order valence-electron chi connectivity index (χ4n) is 3.13. The van der Waals surface area contributed by atoms with Crippen molar-refractivity contribution in [2.24, 2.45) is 7.05 Å². The first-order chi connectivity index (χ1) is 10.6. The van der Waals surface area contributed by atoms with E-state index >= 15 is 0 Å². The molecule has 6 heteroatoms. The molecule has 1 N–H and O–H groups in total. The number of rotatable bonds is 4. The quantitative estimate of drug-likeness (QED) is 0.940. The number of H-pyrrole nitrogens is 1. The van der Waals surface area contributed by atoms with Gasteiger partial charge >= 0.3 is 0 Å². The summed E-state index contributed by atoms with van der Waals surface area (Å²) in [6, 6.07) is 0.108. The molecule has 0 radical (unpaired) electrons. The van der Waals surface area contributed by atoms with Gasteiger partial charge in [0.1, 0.15) is 5.82 Å². The van der Waals surface area contributed by atoms with Gasteiger partial charge in [-0.05, 0) is 38.7 Å². The predicted molar refractivity (Wildman–Crippen MR) is 83.3 cm³/mol. The van der Waals surface area contributed by atoms with Gasteiger partial charge < -0.3 is 9.88 Å². The van der Waals surface area contributed by atoms with Gasteiger partial charge in [0.2, 0.25) is 5.91 Å². The number of hydrogen-bond acceptors (Lipinski definition) is 3. The van der Waals surface area contributed by atoms with Crippen LogP contribution in [0.15, 0.2) is 12.4 Å². The van der Waals surface area contributed by atoms with Crippen molar-refractivity contribution >= 4 is 5.91 Å². The lowest BCUT2D eigenvalue weighted by molar-refractivity contribution is -0.132. The zero-order valence-corrected chi connectivity index (χ0v) is 13.5. The molecule has 2 aromatic heterocycles. The van der Waals surface area contributed by atoms with E-state index in [4.69, 9.17) is 0 Å². The molecule has 1 aliphatic rings. The third kappa shape index (κ3) is 2.77. The van der Waals surface area contributed by atoms with Crippen LogP contribution in [0.5, 0.6) is 0 Å². The minimum absolute atomic E-state index is 0.108. The molecule has 1 fully saturated rings. The third-order valence-corrected chi connectivity index (χ3v) is 4.56. The number of hydrogen-bond donors (Lipinski definition) is 1. The number of aromatic amines is 1. The van der Waals surface area contributed by atoms with Crippen molar-refractivity contribution in [3.63, 3.8) is 0 Å². The fourth-order valence-corrected chi connectivity index (χ4v) is 3.13. The van der Waals surface area contributed by atoms with Gasteiger partial charge in [-0.15, -0.1) is 0 Å². The van der Waals surface area contributed by atoms with E-state index in [0.717, 1.165) is 48.6 Å². The molecule has 1 atom stereocenters. The average molecular weight is 301 g/mol. The zero-order valence-electron chi connectivity index (χ0n) is 13.5. The predicted octanol–water partition coefficient (Wildman–Crippen LogP) is 2.06. The van der Waals surface area contributed by atoms with Crippen LogP contribution in [0.3, 0.4) is 0 Å². The van der Waals surface area contributed by atoms with Crippen LogP contribution in [0, 0.1) is 13.8 Å². The molecular formula is C16H23N5O. The van der Waals surface area contributed by atoms with E-state index in [2.05, 4.69) is 15.1 Å². The summed E-state index contributed by atoms with van der Waals surface area (Å²) in [5, 5.41) is 4.23. The van der Waals surface area contributed by atoms with Gasteiger partial charge in [0.25, 0.3) is 0 Å². The summed E-state index contributed by atoms with van der Waals surface area (Å²) in [6.07, 6.45) is 7.00. The van der Waals surface area contributed by atoms with Crippen LogP contribution in [0.1, 0.15) is 48.1 Å². The number of amides is 1. The van der Waals surface area contributed by atoms with E-state index in [0.29, 0.717) is 6.42 Å². The Kier molecular flexibility index (Phi) is 4.00. The van der Waals surface area contributed by atoms with E-state index in [9.17, 15) is 4.79 Å². The minimum Gasteiger partial charge on any atom is -0.344 e. The van der Waals surface area contributed by atoms with E-state index in [1.807, 2.05) is 42.9 Å². The molecule has 3 heterocycles. The summed E-state index contributed by atoms with van der Waals surface area (Å²) in [5.74, 6) is 1.13. The Balaban J connectivity index is 1.65. The number of likely N-dealkylation sites (tertiary alicyclic amines) is 1. The molecule has 0 unspecified atom stereocenters. The fraction of sp³-hybridized carbons (Fsp3) is 0.562. The maximum absolute atomic E-state index is 12.6. The molecular weight excluding hydrogens is 278 g/mol. The second-order valence-corrected chi connectivity index (χ2v) is 6.08. The third-order valence-electron chi connectivity index (χ3n) is 4.56. The van der Waals surface area contributed by atoms with Crippen molar-refractivity contribution in [3.8, 4) is 0 Å². The number of nitrogens with zero attached hydrogens (tertiary/aromatic N) is 4. The Hall–Kier alpha value is -2.11. The van der Waals surface area contributed by atoms with Crippen LogP contribution >= 0.6 is 0 Å². The second kappa shape index (κ2) is 5.94. The van der Waals surface area contributed by atoms with E-state index in [1.54, 1.807) is 0 Å². The zero-order chi connectivity index (χ0) is 15.7. The standard InChI is InChI=1S/C16H23N5O/c1-11-9-17-16(19-11)14-5-4-8-21(14)15(22)7-6-13-10-18-20(3)12(13)2/h9-10,14H,4-8H2,1-3H3,(H,17,19)/t14-/m0/s1. The molecule has 1 amide bonds. The maximum atomic E-state index is 12.6. The maximum Gasteiger partial charge on any atom is 0.223 e. The topological polar surface area (TPSA) is 66.8 Å². The molecule has 0 bridgehead atoms. The highest BCUT2D eigenvalue weighted by Crippen LogP contribution is 2.30. The number of imidazole rings is 1. The van der Waals surface area contributed by atoms with Crippen LogP contribution < -0.4 is 0 Å². The lowest BCUT2D eigenvalue weighted by atomic mass is 10.1. The normalized spacial score (nSPS) is 18.1. The molecule has 0 aromatic carbocycles. The van der Waals surface area contributed by atoms with Crippen molar-refractivity contribution in [2.45, 2.75) is 45.6 Å². The van der Waals surface area contributed by atoms with Gasteiger partial charge in [-0.2, -0.15) is 5.10 Å². The van der Waals surface area contributed by atoms with Gasteiger partial charge in [-0.3, -0.25) is 9.48 Å². The van der Waals surface area contributed by atoms with Gasteiger partial charge in [0.05, 0.1) is 12.2 Å². The van der Waals surface area contributed by atoms with Crippen molar-refractivity contribution in [2.75, 3.05) is 6.54 Å². The van der Waals surface area contributed by atoms with Crippen LogP contribution in [0.4, 0.5) is 0 Å². The van der Waals surface area contributed by atoms with Crippen LogP contribution in [-0.4, -0.2) is 37.1 Å². The summed E-state index contributed by atoms with van der Waals surface area (Å²) in [7, 11) is 1.93. The lowest BCUT2D eigenvalue weighted by Gasteiger charge is -2.23. The first-order valence-corrected chi connectivity index (χ1v) is 7.84. The summed E-state index contributed by atoms with van der Waals surface area (Å²) in [4.78, 5) is 22.2. The average Bonchev–Trinajstić information content (AvgIpc) is 3.19. The van der Waals surface area contributed by atoms with Crippen LogP contribution in [-0.2, 0) is 18.3 Å². The van der Waals surface area contributed by atoms with Gasteiger partial charge in [-0.25, -0.2) is 4.98 Å². The Labute approximate surface area is 130 Å². The molecule has 0 spiro atoms. The molecule has 118 valence electrons. The Morgan fingerprint density at radius 2 is 2.23 bits per heavy atom. The molecule has 6 nitrogen and oxygen atoms in total. The van der Waals surface area contributed by atoms with Crippen LogP contribution in [0.2, 0.25) is 0 Å². The highest BCUT2D eigenvalue weighted by atomic mass is 16.2. The number of carbonyl (C=O) groups is 1. The molecule has 3 rings (SSSR count). The smallest absolute Gasteiger partial charge is 0.223 e. The molecule has 1 saturated heterocycles. The van der Waals surface area contributed by atoms with E-state index in [-0.39, 0.29) is 11.9 Å². The van der Waals surface area contributed by atoms with Crippen molar-refractivity contribution in [1.29, 1.82) is 0 Å². The molecule has 1 aliphatic heterocycles. The number of carbonyl (C=O) groups excluding carboxylic acids is 1. The summed E-state index contributed by atoms with van der Waals surface area (Å²) in [5.41, 5.74) is 3.33. The number of nitrogens with one attached hydrogen (secondary N) is 1. The van der Waals surface area contributed by atoms with Gasteiger partial charge in [0, 0.05) is 37.6 Å². The van der Waals surface area contributed by atoms with E-state index < -0.39 is 0 Å². The van der Waals surface area contributed by atoms with Crippen molar-refractivity contribution < 1.29 is 4.79 Å². The largest absolute Gasteiger partial charge is 0.344 e. The summed E-state index contributed by atoms with van der Waals surface area (Å²) < 4.78 is 1.85. The molecule has 2 aromatic rings. The highest BCUT2D eigenvalue weighted by molar-refractivity contribution is 5.77. The highest BCUT2D eigenvalue weighted by Gasteiger charge is 2.31.